The van der Waals surface area contributed by atoms with Crippen LogP contribution in [0.15, 0.2) is 17.8 Å². The van der Waals surface area contributed by atoms with E-state index in [0.29, 0.717) is 6.61 Å². The van der Waals surface area contributed by atoms with Crippen molar-refractivity contribution in [2.75, 3.05) is 19.0 Å². The molecule has 0 saturated carbocycles. The lowest BCUT2D eigenvalue weighted by Crippen LogP contribution is -2.13. The fraction of sp³-hybridized carbons (Fsp3) is 0.500. The molecule has 0 aromatic carbocycles. The van der Waals surface area contributed by atoms with Crippen molar-refractivity contribution in [3.8, 4) is 0 Å². The Balaban J connectivity index is 2.08. The Kier molecular flexibility index (Phi) is 4.33. The molecule has 0 aliphatic heterocycles. The normalized spacial score (nSPS) is 12.6. The van der Waals surface area contributed by atoms with E-state index in [-0.39, 0.29) is 6.04 Å². The van der Waals surface area contributed by atoms with Crippen molar-refractivity contribution in [1.29, 1.82) is 0 Å². The molecule has 2 heterocycles. The van der Waals surface area contributed by atoms with Crippen LogP contribution in [0.5, 0.6) is 0 Å². The summed E-state index contributed by atoms with van der Waals surface area (Å²) in [6, 6.07) is 0.160. The van der Waals surface area contributed by atoms with Crippen LogP contribution in [-0.2, 0) is 11.3 Å². The molecule has 2 aromatic heterocycles. The summed E-state index contributed by atoms with van der Waals surface area (Å²) in [6.07, 6.45) is 3.84. The highest BCUT2D eigenvalue weighted by atomic mass is 32.1. The van der Waals surface area contributed by atoms with Crippen LogP contribution >= 0.6 is 11.3 Å². The number of hydrogen-bond donors (Lipinski definition) is 1. The largest absolute Gasteiger partial charge is 0.383 e. The number of hydrogen-bond acceptors (Lipinski definition) is 5. The summed E-state index contributed by atoms with van der Waals surface area (Å²) >= 11 is 1.65. The number of thiazole rings is 1. The summed E-state index contributed by atoms with van der Waals surface area (Å²) in [4.78, 5) is 8.79. The highest BCUT2D eigenvalue weighted by molar-refractivity contribution is 7.09. The van der Waals surface area contributed by atoms with Crippen LogP contribution in [0, 0.1) is 6.92 Å². The van der Waals surface area contributed by atoms with Crippen molar-refractivity contribution in [3.05, 3.63) is 28.5 Å². The molecule has 0 radical (unpaired) electrons. The molecule has 0 bridgehead atoms. The van der Waals surface area contributed by atoms with Crippen molar-refractivity contribution in [2.24, 2.45) is 0 Å². The van der Waals surface area contributed by atoms with Gasteiger partial charge >= 0.3 is 0 Å². The van der Waals surface area contributed by atoms with E-state index in [1.54, 1.807) is 18.4 Å². The zero-order chi connectivity index (χ0) is 13.0. The maximum atomic E-state index is 5.10. The minimum absolute atomic E-state index is 0.160. The molecule has 1 atom stereocenters. The van der Waals surface area contributed by atoms with Gasteiger partial charge in [0.15, 0.2) is 0 Å². The predicted molar refractivity (Wildman–Crippen MR) is 73.0 cm³/mol. The summed E-state index contributed by atoms with van der Waals surface area (Å²) < 4.78 is 7.17. The molecule has 6 heteroatoms. The molecular weight excluding hydrogens is 248 g/mol. The average molecular weight is 266 g/mol. The third-order valence-electron chi connectivity index (χ3n) is 2.60. The Morgan fingerprint density at radius 1 is 1.56 bits per heavy atom. The Bertz CT molecular complexity index is 480. The van der Waals surface area contributed by atoms with Crippen LogP contribution in [0.4, 0.5) is 5.95 Å². The first-order valence-corrected chi connectivity index (χ1v) is 6.77. The number of nitrogens with zero attached hydrogens (tertiary/aromatic N) is 3. The standard InChI is InChI=1S/C12H18N4OS/c1-9-8-16(5-6-17-3)12(14-9)15-10(2)11-13-4-7-18-11/h4,7-8,10H,5-6H2,1-3H3,(H,14,15). The highest BCUT2D eigenvalue weighted by Crippen LogP contribution is 2.20. The summed E-state index contributed by atoms with van der Waals surface area (Å²) in [5.74, 6) is 0.868. The number of aryl methyl sites for hydroxylation is 1. The summed E-state index contributed by atoms with van der Waals surface area (Å²) in [6.45, 7) is 5.55. The predicted octanol–water partition coefficient (Wildman–Crippen LogP) is 2.47. The quantitative estimate of drug-likeness (QED) is 0.872. The summed E-state index contributed by atoms with van der Waals surface area (Å²) in [5, 5.41) is 6.43. The molecule has 98 valence electrons. The van der Waals surface area contributed by atoms with Gasteiger partial charge in [-0.3, -0.25) is 0 Å². The smallest absolute Gasteiger partial charge is 0.203 e. The summed E-state index contributed by atoms with van der Waals surface area (Å²) in [7, 11) is 1.70. The monoisotopic (exact) mass is 266 g/mol. The van der Waals surface area contributed by atoms with Crippen molar-refractivity contribution in [2.45, 2.75) is 26.4 Å². The zero-order valence-corrected chi connectivity index (χ0v) is 11.7. The van der Waals surface area contributed by atoms with E-state index >= 15 is 0 Å². The van der Waals surface area contributed by atoms with Crippen molar-refractivity contribution >= 4 is 17.3 Å². The van der Waals surface area contributed by atoms with Gasteiger partial charge < -0.3 is 14.6 Å². The van der Waals surface area contributed by atoms with Gasteiger partial charge in [-0.05, 0) is 13.8 Å². The molecule has 0 fully saturated rings. The second-order valence-corrected chi connectivity index (χ2v) is 5.05. The molecule has 2 aromatic rings. The number of anilines is 1. The van der Waals surface area contributed by atoms with Gasteiger partial charge in [0.05, 0.1) is 18.3 Å². The topological polar surface area (TPSA) is 52.0 Å². The van der Waals surface area contributed by atoms with Gasteiger partial charge in [0.25, 0.3) is 0 Å². The van der Waals surface area contributed by atoms with Gasteiger partial charge in [0, 0.05) is 31.4 Å². The zero-order valence-electron chi connectivity index (χ0n) is 10.9. The van der Waals surface area contributed by atoms with Crippen molar-refractivity contribution in [3.63, 3.8) is 0 Å². The summed E-state index contributed by atoms with van der Waals surface area (Å²) in [5.41, 5.74) is 1.000. The Hall–Kier alpha value is -1.40. The van der Waals surface area contributed by atoms with E-state index in [2.05, 4.69) is 26.8 Å². The Morgan fingerprint density at radius 2 is 2.39 bits per heavy atom. The van der Waals surface area contributed by atoms with E-state index in [0.717, 1.165) is 23.2 Å². The Morgan fingerprint density at radius 3 is 3.06 bits per heavy atom. The van der Waals surface area contributed by atoms with Gasteiger partial charge in [0.2, 0.25) is 5.95 Å². The first kappa shape index (κ1) is 13.0. The second kappa shape index (κ2) is 5.97. The molecule has 0 saturated heterocycles. The van der Waals surface area contributed by atoms with E-state index in [9.17, 15) is 0 Å². The van der Waals surface area contributed by atoms with Crippen LogP contribution in [-0.4, -0.2) is 28.3 Å². The molecule has 0 spiro atoms. The average Bonchev–Trinajstić information content (AvgIpc) is 2.96. The number of rotatable bonds is 6. The second-order valence-electron chi connectivity index (χ2n) is 4.13. The van der Waals surface area contributed by atoms with Crippen LogP contribution in [0.3, 0.4) is 0 Å². The van der Waals surface area contributed by atoms with E-state index in [1.165, 1.54) is 0 Å². The minimum atomic E-state index is 0.160. The number of imidazole rings is 1. The molecule has 2 rings (SSSR count). The minimum Gasteiger partial charge on any atom is -0.383 e. The third-order valence-corrected chi connectivity index (χ3v) is 3.56. The Labute approximate surface area is 111 Å². The number of nitrogens with one attached hydrogen (secondary N) is 1. The van der Waals surface area contributed by atoms with Gasteiger partial charge in [-0.2, -0.15) is 0 Å². The molecule has 0 aliphatic rings. The van der Waals surface area contributed by atoms with Crippen molar-refractivity contribution in [1.82, 2.24) is 14.5 Å². The fourth-order valence-electron chi connectivity index (χ4n) is 1.73. The SMILES string of the molecule is COCCn1cc(C)nc1NC(C)c1nccs1. The molecular formula is C12H18N4OS. The number of aromatic nitrogens is 3. The van der Waals surface area contributed by atoms with Crippen molar-refractivity contribution < 1.29 is 4.74 Å². The fourth-order valence-corrected chi connectivity index (χ4v) is 2.37. The van der Waals surface area contributed by atoms with Crippen LogP contribution in [0.1, 0.15) is 23.7 Å². The van der Waals surface area contributed by atoms with E-state index in [4.69, 9.17) is 4.74 Å². The lowest BCUT2D eigenvalue weighted by molar-refractivity contribution is 0.187. The first-order valence-electron chi connectivity index (χ1n) is 5.89. The van der Waals surface area contributed by atoms with E-state index < -0.39 is 0 Å². The molecule has 1 unspecified atom stereocenters. The molecule has 18 heavy (non-hydrogen) atoms. The molecule has 0 aliphatic carbocycles. The van der Waals surface area contributed by atoms with Gasteiger partial charge in [-0.25, -0.2) is 9.97 Å². The number of ether oxygens (including phenoxy) is 1. The lowest BCUT2D eigenvalue weighted by Gasteiger charge is -2.13. The van der Waals surface area contributed by atoms with Gasteiger partial charge in [-0.15, -0.1) is 11.3 Å². The van der Waals surface area contributed by atoms with Crippen LogP contribution in [0.25, 0.3) is 0 Å². The maximum Gasteiger partial charge on any atom is 0.203 e. The van der Waals surface area contributed by atoms with Gasteiger partial charge in [-0.1, -0.05) is 0 Å². The highest BCUT2D eigenvalue weighted by Gasteiger charge is 2.12. The third kappa shape index (κ3) is 3.08. The number of methoxy groups -OCH3 is 1. The van der Waals surface area contributed by atoms with Crippen LogP contribution < -0.4 is 5.32 Å². The lowest BCUT2D eigenvalue weighted by atomic mass is 10.4. The van der Waals surface area contributed by atoms with Crippen LogP contribution in [0.2, 0.25) is 0 Å². The molecule has 1 N–H and O–H groups in total. The molecule has 0 amide bonds. The molecule has 5 nitrogen and oxygen atoms in total. The first-order chi connectivity index (χ1) is 8.70. The van der Waals surface area contributed by atoms with E-state index in [1.807, 2.05) is 24.7 Å². The maximum absolute atomic E-state index is 5.10. The van der Waals surface area contributed by atoms with Gasteiger partial charge in [0.1, 0.15) is 5.01 Å².